The largest absolute Gasteiger partial charge is 0.416 e. The van der Waals surface area contributed by atoms with E-state index < -0.39 is 23.5 Å². The number of nitrogens with zero attached hydrogens (tertiary/aromatic N) is 8. The average Bonchev–Trinajstić information content (AvgIpc) is 3.68. The third kappa shape index (κ3) is 6.46. The van der Waals surface area contributed by atoms with Crippen LogP contribution in [0.25, 0.3) is 11.0 Å². The van der Waals surface area contributed by atoms with Gasteiger partial charge in [-0.3, -0.25) is 0 Å². The highest BCUT2D eigenvalue weighted by Crippen LogP contribution is 2.37. The molecule has 0 radical (unpaired) electrons. The molecular formula is C28H32F6N8. The third-order valence-electron chi connectivity index (χ3n) is 7.72. The summed E-state index contributed by atoms with van der Waals surface area (Å²) in [5.41, 5.74) is -0.549. The molecule has 0 amide bonds. The lowest BCUT2D eigenvalue weighted by molar-refractivity contribution is -0.143. The Hall–Kier alpha value is -3.84. The van der Waals surface area contributed by atoms with Crippen LogP contribution in [0.4, 0.5) is 38.1 Å². The van der Waals surface area contributed by atoms with Gasteiger partial charge >= 0.3 is 12.4 Å². The number of aromatic nitrogens is 6. The van der Waals surface area contributed by atoms with E-state index in [1.165, 1.54) is 29.6 Å². The van der Waals surface area contributed by atoms with Crippen molar-refractivity contribution in [1.82, 2.24) is 29.8 Å². The SMILES string of the molecule is CCN(CC1CCCC1)c1nc2ccn(C)c2cc1CN(Cc1cc(C(F)(F)F)cc(C(F)(F)F)c1)c1nnn(C)n1. The van der Waals surface area contributed by atoms with Crippen molar-refractivity contribution < 1.29 is 26.3 Å². The predicted octanol–water partition coefficient (Wildman–Crippen LogP) is 6.36. The number of aryl methyl sites for hydroxylation is 2. The Bertz CT molecular complexity index is 1500. The number of rotatable bonds is 9. The lowest BCUT2D eigenvalue weighted by Gasteiger charge is -2.29. The first kappa shape index (κ1) is 29.6. The first-order chi connectivity index (χ1) is 19.8. The fourth-order valence-corrected chi connectivity index (χ4v) is 5.61. The van der Waals surface area contributed by atoms with Gasteiger partial charge in [-0.05, 0) is 66.8 Å². The summed E-state index contributed by atoms with van der Waals surface area (Å²) >= 11 is 0. The Labute approximate surface area is 238 Å². The van der Waals surface area contributed by atoms with Gasteiger partial charge in [-0.25, -0.2) is 4.98 Å². The van der Waals surface area contributed by atoms with Crippen LogP contribution in [0.5, 0.6) is 0 Å². The zero-order valence-electron chi connectivity index (χ0n) is 23.5. The molecule has 0 N–H and O–H groups in total. The Balaban J connectivity index is 1.58. The van der Waals surface area contributed by atoms with Crippen molar-refractivity contribution in [2.24, 2.45) is 20.0 Å². The van der Waals surface area contributed by atoms with E-state index in [2.05, 4.69) is 20.3 Å². The Morgan fingerprint density at radius 1 is 0.905 bits per heavy atom. The number of pyridine rings is 1. The summed E-state index contributed by atoms with van der Waals surface area (Å²) in [5, 5.41) is 12.1. The van der Waals surface area contributed by atoms with Crippen LogP contribution in [0.2, 0.25) is 0 Å². The van der Waals surface area contributed by atoms with Crippen LogP contribution in [-0.4, -0.2) is 42.8 Å². The quantitative estimate of drug-likeness (QED) is 0.210. The van der Waals surface area contributed by atoms with Crippen LogP contribution in [-0.2, 0) is 39.5 Å². The maximum Gasteiger partial charge on any atom is 0.416 e. The van der Waals surface area contributed by atoms with Crippen molar-refractivity contribution >= 4 is 22.8 Å². The molecule has 1 fully saturated rings. The number of alkyl halides is 6. The van der Waals surface area contributed by atoms with E-state index in [1.54, 1.807) is 0 Å². The summed E-state index contributed by atoms with van der Waals surface area (Å²) in [6.07, 6.45) is -3.39. The second-order valence-corrected chi connectivity index (χ2v) is 10.8. The smallest absolute Gasteiger partial charge is 0.356 e. The van der Waals surface area contributed by atoms with E-state index >= 15 is 0 Å². The zero-order valence-corrected chi connectivity index (χ0v) is 23.5. The van der Waals surface area contributed by atoms with Crippen LogP contribution >= 0.6 is 0 Å². The van der Waals surface area contributed by atoms with Crippen molar-refractivity contribution in [1.29, 1.82) is 0 Å². The molecule has 0 atom stereocenters. The van der Waals surface area contributed by atoms with E-state index in [0.717, 1.165) is 53.9 Å². The van der Waals surface area contributed by atoms with Crippen LogP contribution in [0.15, 0.2) is 36.5 Å². The highest BCUT2D eigenvalue weighted by atomic mass is 19.4. The minimum absolute atomic E-state index is 0.0697. The minimum atomic E-state index is -4.96. The van der Waals surface area contributed by atoms with Gasteiger partial charge in [0.1, 0.15) is 5.82 Å². The maximum absolute atomic E-state index is 13.6. The summed E-state index contributed by atoms with van der Waals surface area (Å²) < 4.78 is 83.6. The molecule has 1 aliphatic rings. The molecule has 42 heavy (non-hydrogen) atoms. The number of hydrogen-bond acceptors (Lipinski definition) is 6. The van der Waals surface area contributed by atoms with E-state index in [0.29, 0.717) is 12.5 Å². The summed E-state index contributed by atoms with van der Waals surface area (Å²) in [6.45, 7) is 3.28. The molecule has 0 aliphatic heterocycles. The van der Waals surface area contributed by atoms with Gasteiger partial charge in [-0.15, -0.1) is 5.10 Å². The average molecular weight is 595 g/mol. The summed E-state index contributed by atoms with van der Waals surface area (Å²) in [4.78, 5) is 9.90. The van der Waals surface area contributed by atoms with Crippen molar-refractivity contribution in [3.05, 3.63) is 58.8 Å². The van der Waals surface area contributed by atoms with Gasteiger partial charge in [0.25, 0.3) is 5.95 Å². The normalized spacial score (nSPS) is 14.7. The van der Waals surface area contributed by atoms with E-state index in [1.807, 2.05) is 36.9 Å². The molecule has 226 valence electrons. The number of halogens is 6. The van der Waals surface area contributed by atoms with Gasteiger partial charge in [-0.2, -0.15) is 31.1 Å². The molecular weight excluding hydrogens is 562 g/mol. The van der Waals surface area contributed by atoms with Gasteiger partial charge in [0.05, 0.1) is 35.8 Å². The molecule has 1 aliphatic carbocycles. The van der Waals surface area contributed by atoms with Crippen molar-refractivity contribution in [3.8, 4) is 0 Å². The summed E-state index contributed by atoms with van der Waals surface area (Å²) in [6, 6.07) is 5.47. The summed E-state index contributed by atoms with van der Waals surface area (Å²) in [5.74, 6) is 1.31. The Morgan fingerprint density at radius 3 is 2.14 bits per heavy atom. The van der Waals surface area contributed by atoms with Crippen LogP contribution in [0, 0.1) is 5.92 Å². The number of hydrogen-bond donors (Lipinski definition) is 0. The van der Waals surface area contributed by atoms with Gasteiger partial charge < -0.3 is 14.4 Å². The fraction of sp³-hybridized carbons (Fsp3) is 0.500. The van der Waals surface area contributed by atoms with E-state index in [-0.39, 0.29) is 30.7 Å². The minimum Gasteiger partial charge on any atom is -0.356 e. The van der Waals surface area contributed by atoms with Crippen molar-refractivity contribution in [3.63, 3.8) is 0 Å². The lowest BCUT2D eigenvalue weighted by atomic mass is 10.0. The van der Waals surface area contributed by atoms with Gasteiger partial charge in [0, 0.05) is 38.4 Å². The molecule has 8 nitrogen and oxygen atoms in total. The van der Waals surface area contributed by atoms with Crippen LogP contribution < -0.4 is 9.80 Å². The summed E-state index contributed by atoms with van der Waals surface area (Å²) in [7, 11) is 3.41. The molecule has 4 aromatic rings. The standard InChI is InChI=1S/C28H32F6N8/c1-4-41(15-18-7-5-6-8-18)25-20(13-24-23(35-25)9-10-39(24)2)17-42(26-36-38-40(3)37-26)16-19-11-21(27(29,30)31)14-22(12-19)28(32,33)34/h9-14,18H,4-8,15-17H2,1-3H3. The molecule has 14 heteroatoms. The molecule has 5 rings (SSSR count). The molecule has 3 heterocycles. The number of fused-ring (bicyclic) bond motifs is 1. The molecule has 0 spiro atoms. The first-order valence-electron chi connectivity index (χ1n) is 13.8. The number of benzene rings is 1. The van der Waals surface area contributed by atoms with Gasteiger partial charge in [-0.1, -0.05) is 17.9 Å². The van der Waals surface area contributed by atoms with Crippen molar-refractivity contribution in [2.45, 2.75) is 58.0 Å². The third-order valence-corrected chi connectivity index (χ3v) is 7.72. The zero-order chi connectivity index (χ0) is 30.2. The van der Waals surface area contributed by atoms with Crippen LogP contribution in [0.3, 0.4) is 0 Å². The first-order valence-corrected chi connectivity index (χ1v) is 13.8. The highest BCUT2D eigenvalue weighted by molar-refractivity contribution is 5.79. The Morgan fingerprint density at radius 2 is 1.57 bits per heavy atom. The second-order valence-electron chi connectivity index (χ2n) is 10.8. The second kappa shape index (κ2) is 11.4. The molecule has 0 bridgehead atoms. The molecule has 1 saturated carbocycles. The molecule has 0 unspecified atom stereocenters. The monoisotopic (exact) mass is 594 g/mol. The Kier molecular flexibility index (Phi) is 8.08. The van der Waals surface area contributed by atoms with E-state index in [9.17, 15) is 26.3 Å². The molecule has 1 aromatic carbocycles. The highest BCUT2D eigenvalue weighted by Gasteiger charge is 2.37. The number of anilines is 2. The lowest BCUT2D eigenvalue weighted by Crippen LogP contribution is -2.32. The molecule has 3 aromatic heterocycles. The fourth-order valence-electron chi connectivity index (χ4n) is 5.61. The van der Waals surface area contributed by atoms with Crippen LogP contribution in [0.1, 0.15) is 54.9 Å². The van der Waals surface area contributed by atoms with Gasteiger partial charge in [0.15, 0.2) is 0 Å². The van der Waals surface area contributed by atoms with Crippen molar-refractivity contribution in [2.75, 3.05) is 22.9 Å². The molecule has 0 saturated heterocycles. The number of tetrazole rings is 1. The van der Waals surface area contributed by atoms with Gasteiger partial charge in [0.2, 0.25) is 0 Å². The predicted molar refractivity (Wildman–Crippen MR) is 146 cm³/mol. The van der Waals surface area contributed by atoms with E-state index in [4.69, 9.17) is 4.98 Å². The maximum atomic E-state index is 13.6. The topological polar surface area (TPSA) is 67.9 Å².